The van der Waals surface area contributed by atoms with Gasteiger partial charge in [-0.15, -0.1) is 0 Å². The molecule has 1 saturated carbocycles. The van der Waals surface area contributed by atoms with Gasteiger partial charge in [-0.25, -0.2) is 4.39 Å². The number of amides is 3. The van der Waals surface area contributed by atoms with E-state index in [9.17, 15) is 18.8 Å². The number of rotatable bonds is 6. The van der Waals surface area contributed by atoms with Gasteiger partial charge in [0.25, 0.3) is 5.91 Å². The van der Waals surface area contributed by atoms with Gasteiger partial charge in [0.15, 0.2) is 0 Å². The van der Waals surface area contributed by atoms with Crippen LogP contribution < -0.4 is 16.1 Å². The minimum atomic E-state index is -0.840. The van der Waals surface area contributed by atoms with E-state index in [1.807, 2.05) is 0 Å². The fraction of sp³-hybridized carbons (Fsp3) is 0.412. The molecule has 1 aromatic rings. The number of carbonyl (C=O) groups is 3. The van der Waals surface area contributed by atoms with Crippen LogP contribution in [0, 0.1) is 5.82 Å². The Kier molecular flexibility index (Phi) is 4.88. The van der Waals surface area contributed by atoms with Crippen LogP contribution in [-0.4, -0.2) is 54.0 Å². The van der Waals surface area contributed by atoms with E-state index in [2.05, 4.69) is 10.4 Å². The second-order valence-corrected chi connectivity index (χ2v) is 6.49. The molecule has 1 aliphatic carbocycles. The highest BCUT2D eigenvalue weighted by molar-refractivity contribution is 6.40. The Balaban J connectivity index is 1.72. The Hall–Kier alpha value is -2.97. The molecule has 2 aliphatic rings. The predicted molar refractivity (Wildman–Crippen MR) is 92.7 cm³/mol. The third-order valence-electron chi connectivity index (χ3n) is 4.25. The summed E-state index contributed by atoms with van der Waals surface area (Å²) in [6.45, 7) is -0.0911. The first-order valence-corrected chi connectivity index (χ1v) is 8.31. The summed E-state index contributed by atoms with van der Waals surface area (Å²) in [4.78, 5) is 37.4. The van der Waals surface area contributed by atoms with Gasteiger partial charge in [-0.2, -0.15) is 5.10 Å². The molecule has 1 heterocycles. The van der Waals surface area contributed by atoms with Crippen molar-refractivity contribution in [1.29, 1.82) is 0 Å². The Bertz CT molecular complexity index is 760. The normalized spacial score (nSPS) is 19.1. The number of hydrazone groups is 1. The van der Waals surface area contributed by atoms with E-state index >= 15 is 0 Å². The van der Waals surface area contributed by atoms with Crippen molar-refractivity contribution in [2.24, 2.45) is 10.8 Å². The minimum Gasteiger partial charge on any atom is -0.368 e. The number of hydrogen-bond acceptors (Lipinski definition) is 5. The smallest absolute Gasteiger partial charge is 0.270 e. The van der Waals surface area contributed by atoms with Crippen LogP contribution in [0.2, 0.25) is 0 Å². The van der Waals surface area contributed by atoms with Gasteiger partial charge >= 0.3 is 0 Å². The lowest BCUT2D eigenvalue weighted by Gasteiger charge is -2.20. The summed E-state index contributed by atoms with van der Waals surface area (Å²) >= 11 is 0. The molecular formula is C17H20FN5O3. The highest BCUT2D eigenvalue weighted by Gasteiger charge is 2.36. The van der Waals surface area contributed by atoms with Crippen molar-refractivity contribution in [2.75, 3.05) is 18.6 Å². The van der Waals surface area contributed by atoms with Gasteiger partial charge in [0.1, 0.15) is 17.6 Å². The van der Waals surface area contributed by atoms with Gasteiger partial charge in [0.2, 0.25) is 11.8 Å². The third kappa shape index (κ3) is 3.98. The summed E-state index contributed by atoms with van der Waals surface area (Å²) in [6.07, 6.45) is 1.95. The molecule has 9 heteroatoms. The van der Waals surface area contributed by atoms with Crippen molar-refractivity contribution >= 4 is 29.1 Å². The van der Waals surface area contributed by atoms with Gasteiger partial charge in [0, 0.05) is 19.5 Å². The van der Waals surface area contributed by atoms with E-state index < -0.39 is 23.7 Å². The quantitative estimate of drug-likeness (QED) is 0.742. The SMILES string of the molecule is CN(CC(=O)NC1CC1)C(=O)C1=NN(c2ccc(F)cc2)[C@@H](C(N)=O)C1. The molecule has 0 radical (unpaired) electrons. The Morgan fingerprint density at radius 2 is 1.96 bits per heavy atom. The average Bonchev–Trinajstić information content (AvgIpc) is 3.28. The van der Waals surface area contributed by atoms with E-state index in [0.717, 1.165) is 12.8 Å². The molecule has 1 aliphatic heterocycles. The first kappa shape index (κ1) is 17.8. The number of carbonyl (C=O) groups excluding carboxylic acids is 3. The number of nitrogens with zero attached hydrogens (tertiary/aromatic N) is 3. The molecule has 1 fully saturated rings. The number of nitrogens with one attached hydrogen (secondary N) is 1. The number of nitrogens with two attached hydrogens (primary N) is 1. The largest absolute Gasteiger partial charge is 0.368 e. The van der Waals surface area contributed by atoms with Crippen LogP contribution in [-0.2, 0) is 14.4 Å². The molecule has 3 amide bonds. The molecule has 3 N–H and O–H groups in total. The monoisotopic (exact) mass is 361 g/mol. The van der Waals surface area contributed by atoms with Crippen LogP contribution in [0.25, 0.3) is 0 Å². The fourth-order valence-electron chi connectivity index (χ4n) is 2.70. The maximum absolute atomic E-state index is 13.1. The van der Waals surface area contributed by atoms with Crippen LogP contribution in [0.4, 0.5) is 10.1 Å². The van der Waals surface area contributed by atoms with E-state index in [4.69, 9.17) is 5.73 Å². The standard InChI is InChI=1S/C17H20FN5O3/c1-22(9-15(24)20-11-4-5-11)17(26)13-8-14(16(19)25)23(21-13)12-6-2-10(18)3-7-12/h2-3,6-7,11,14H,4-5,8-9H2,1H3,(H2,19,25)(H,20,24)/t14-/m1/s1. The zero-order valence-electron chi connectivity index (χ0n) is 14.3. The minimum absolute atomic E-state index is 0.0279. The highest BCUT2D eigenvalue weighted by atomic mass is 19.1. The zero-order valence-corrected chi connectivity index (χ0v) is 14.3. The molecule has 8 nitrogen and oxygen atoms in total. The second-order valence-electron chi connectivity index (χ2n) is 6.49. The molecule has 0 aromatic heterocycles. The van der Waals surface area contributed by atoms with E-state index in [-0.39, 0.29) is 30.6 Å². The zero-order chi connectivity index (χ0) is 18.8. The average molecular weight is 361 g/mol. The molecule has 0 unspecified atom stereocenters. The number of primary amides is 1. The van der Waals surface area contributed by atoms with Gasteiger partial charge in [-0.05, 0) is 37.1 Å². The Morgan fingerprint density at radius 3 is 2.54 bits per heavy atom. The van der Waals surface area contributed by atoms with E-state index in [1.165, 1.54) is 41.2 Å². The van der Waals surface area contributed by atoms with Crippen molar-refractivity contribution in [1.82, 2.24) is 10.2 Å². The number of benzene rings is 1. The summed E-state index contributed by atoms with van der Waals surface area (Å²) < 4.78 is 13.1. The van der Waals surface area contributed by atoms with Gasteiger partial charge in [-0.3, -0.25) is 19.4 Å². The maximum Gasteiger partial charge on any atom is 0.270 e. The number of anilines is 1. The number of likely N-dealkylation sites (N-methyl/N-ethyl adjacent to an activating group) is 1. The number of halogens is 1. The van der Waals surface area contributed by atoms with E-state index in [1.54, 1.807) is 0 Å². The molecule has 0 spiro atoms. The highest BCUT2D eigenvalue weighted by Crippen LogP contribution is 2.25. The molecule has 1 aromatic carbocycles. The summed E-state index contributed by atoms with van der Waals surface area (Å²) in [5.74, 6) is -1.75. The second kappa shape index (κ2) is 7.11. The summed E-state index contributed by atoms with van der Waals surface area (Å²) in [5, 5.41) is 8.31. The molecule has 26 heavy (non-hydrogen) atoms. The lowest BCUT2D eigenvalue weighted by Crippen LogP contribution is -2.42. The molecule has 3 rings (SSSR count). The maximum atomic E-state index is 13.1. The van der Waals surface area contributed by atoms with Crippen molar-refractivity contribution in [3.63, 3.8) is 0 Å². The first-order valence-electron chi connectivity index (χ1n) is 8.31. The van der Waals surface area contributed by atoms with E-state index in [0.29, 0.717) is 5.69 Å². The van der Waals surface area contributed by atoms with Crippen molar-refractivity contribution < 1.29 is 18.8 Å². The number of hydrogen-bond donors (Lipinski definition) is 2. The lowest BCUT2D eigenvalue weighted by molar-refractivity contribution is -0.130. The van der Waals surface area contributed by atoms with Crippen LogP contribution in [0.5, 0.6) is 0 Å². The van der Waals surface area contributed by atoms with Crippen LogP contribution in [0.3, 0.4) is 0 Å². The van der Waals surface area contributed by atoms with Gasteiger partial charge in [-0.1, -0.05) is 0 Å². The Morgan fingerprint density at radius 1 is 1.31 bits per heavy atom. The Labute approximate surface area is 149 Å². The fourth-order valence-corrected chi connectivity index (χ4v) is 2.70. The third-order valence-corrected chi connectivity index (χ3v) is 4.25. The van der Waals surface area contributed by atoms with Crippen molar-refractivity contribution in [3.05, 3.63) is 30.1 Å². The van der Waals surface area contributed by atoms with Crippen LogP contribution in [0.15, 0.2) is 29.4 Å². The van der Waals surface area contributed by atoms with Crippen molar-refractivity contribution in [3.8, 4) is 0 Å². The molecule has 0 saturated heterocycles. The first-order chi connectivity index (χ1) is 12.3. The molecular weight excluding hydrogens is 341 g/mol. The van der Waals surface area contributed by atoms with Crippen LogP contribution in [0.1, 0.15) is 19.3 Å². The van der Waals surface area contributed by atoms with Gasteiger partial charge < -0.3 is 16.0 Å². The van der Waals surface area contributed by atoms with Gasteiger partial charge in [0.05, 0.1) is 12.2 Å². The summed E-state index contributed by atoms with van der Waals surface area (Å²) in [7, 11) is 1.50. The lowest BCUT2D eigenvalue weighted by atomic mass is 10.1. The molecule has 138 valence electrons. The topological polar surface area (TPSA) is 108 Å². The summed E-state index contributed by atoms with van der Waals surface area (Å²) in [5.41, 5.74) is 6.00. The summed E-state index contributed by atoms with van der Waals surface area (Å²) in [6, 6.07) is 4.74. The predicted octanol–water partition coefficient (Wildman–Crippen LogP) is -0.0173. The molecule has 0 bridgehead atoms. The van der Waals surface area contributed by atoms with Crippen molar-refractivity contribution in [2.45, 2.75) is 31.3 Å². The molecule has 1 atom stereocenters. The van der Waals surface area contributed by atoms with Crippen LogP contribution >= 0.6 is 0 Å².